The van der Waals surface area contributed by atoms with E-state index >= 15 is 0 Å². The Morgan fingerprint density at radius 2 is 1.85 bits per heavy atom. The van der Waals surface area contributed by atoms with E-state index in [1.165, 1.54) is 4.88 Å². The van der Waals surface area contributed by atoms with E-state index < -0.39 is 10.0 Å². The fourth-order valence-corrected chi connectivity index (χ4v) is 2.96. The predicted molar refractivity (Wildman–Crippen MR) is 83.7 cm³/mol. The van der Waals surface area contributed by atoms with Gasteiger partial charge in [0.2, 0.25) is 10.0 Å². The smallest absolute Gasteiger partial charge is 0.232 e. The van der Waals surface area contributed by atoms with Gasteiger partial charge in [-0.3, -0.25) is 4.72 Å². The van der Waals surface area contributed by atoms with Crippen LogP contribution in [0.25, 0.3) is 0 Å². The zero-order valence-electron chi connectivity index (χ0n) is 11.4. The Labute approximate surface area is 123 Å². The number of sulfonamides is 1. The van der Waals surface area contributed by atoms with Crippen LogP contribution in [0, 0.1) is 6.92 Å². The molecule has 2 N–H and O–H groups in total. The molecule has 5 nitrogen and oxygen atoms in total. The summed E-state index contributed by atoms with van der Waals surface area (Å²) in [7, 11) is -3.21. The van der Waals surface area contributed by atoms with Gasteiger partial charge in [-0.2, -0.15) is 0 Å². The van der Waals surface area contributed by atoms with E-state index in [-0.39, 0.29) is 5.75 Å². The van der Waals surface area contributed by atoms with Gasteiger partial charge in [-0.25, -0.2) is 13.4 Å². The van der Waals surface area contributed by atoms with E-state index in [0.717, 1.165) is 10.7 Å². The number of aryl methyl sites for hydroxylation is 1. The number of benzene rings is 1. The van der Waals surface area contributed by atoms with Crippen LogP contribution in [-0.2, 0) is 16.6 Å². The number of rotatable bonds is 6. The summed E-state index contributed by atoms with van der Waals surface area (Å²) in [6, 6.07) is 7.18. The number of anilines is 2. The van der Waals surface area contributed by atoms with Gasteiger partial charge in [0.05, 0.1) is 17.3 Å². The molecule has 0 aliphatic heterocycles. The van der Waals surface area contributed by atoms with Crippen LogP contribution in [0.2, 0.25) is 0 Å². The Kier molecular flexibility index (Phi) is 4.61. The van der Waals surface area contributed by atoms with Gasteiger partial charge in [-0.15, -0.1) is 11.3 Å². The number of hydrogen-bond acceptors (Lipinski definition) is 5. The molecule has 7 heteroatoms. The maximum atomic E-state index is 11.4. The van der Waals surface area contributed by atoms with Gasteiger partial charge in [0, 0.05) is 22.4 Å². The molecule has 2 rings (SSSR count). The minimum atomic E-state index is -3.21. The molecule has 0 fully saturated rings. The van der Waals surface area contributed by atoms with Crippen LogP contribution < -0.4 is 10.0 Å². The molecule has 0 saturated heterocycles. The van der Waals surface area contributed by atoms with Crippen molar-refractivity contribution >= 4 is 32.7 Å². The monoisotopic (exact) mass is 311 g/mol. The number of aromatic nitrogens is 1. The van der Waals surface area contributed by atoms with Crippen molar-refractivity contribution in [2.75, 3.05) is 15.8 Å². The molecule has 1 heterocycles. The van der Waals surface area contributed by atoms with Crippen molar-refractivity contribution in [2.45, 2.75) is 20.4 Å². The number of thiazole rings is 1. The normalized spacial score (nSPS) is 11.3. The van der Waals surface area contributed by atoms with E-state index in [2.05, 4.69) is 15.0 Å². The van der Waals surface area contributed by atoms with Crippen LogP contribution in [0.1, 0.15) is 16.8 Å². The highest BCUT2D eigenvalue weighted by atomic mass is 32.2. The topological polar surface area (TPSA) is 71.1 Å². The third-order valence-electron chi connectivity index (χ3n) is 2.67. The third-order valence-corrected chi connectivity index (χ3v) is 4.89. The number of hydrogen-bond donors (Lipinski definition) is 2. The van der Waals surface area contributed by atoms with E-state index in [9.17, 15) is 8.42 Å². The lowest BCUT2D eigenvalue weighted by atomic mass is 10.3. The molecular formula is C13H17N3O2S2. The largest absolute Gasteiger partial charge is 0.380 e. The molecule has 1 aromatic heterocycles. The fourth-order valence-electron chi connectivity index (χ4n) is 1.58. The predicted octanol–water partition coefficient (Wildman–Crippen LogP) is 2.83. The van der Waals surface area contributed by atoms with Gasteiger partial charge < -0.3 is 5.32 Å². The molecule has 2 aromatic rings. The zero-order chi connectivity index (χ0) is 14.6. The van der Waals surface area contributed by atoms with E-state index in [1.807, 2.05) is 25.3 Å². The van der Waals surface area contributed by atoms with Crippen LogP contribution in [-0.4, -0.2) is 19.2 Å². The van der Waals surface area contributed by atoms with E-state index in [1.54, 1.807) is 30.4 Å². The molecular weight excluding hydrogens is 294 g/mol. The first-order chi connectivity index (χ1) is 9.48. The second-order valence-electron chi connectivity index (χ2n) is 4.28. The summed E-state index contributed by atoms with van der Waals surface area (Å²) in [4.78, 5) is 5.36. The second-order valence-corrected chi connectivity index (χ2v) is 7.61. The lowest BCUT2D eigenvalue weighted by molar-refractivity contribution is 0.602. The quantitative estimate of drug-likeness (QED) is 0.860. The summed E-state index contributed by atoms with van der Waals surface area (Å²) in [6.07, 6.45) is 1.86. The average Bonchev–Trinajstić information content (AvgIpc) is 2.83. The van der Waals surface area contributed by atoms with E-state index in [0.29, 0.717) is 12.2 Å². The SMILES string of the molecule is CCS(=O)(=O)Nc1ccc(NCc2cnc(C)s2)cc1. The maximum absolute atomic E-state index is 11.4. The highest BCUT2D eigenvalue weighted by molar-refractivity contribution is 7.92. The Bertz CT molecular complexity index is 663. The van der Waals surface area contributed by atoms with Gasteiger partial charge in [0.1, 0.15) is 0 Å². The molecule has 0 aliphatic rings. The minimum absolute atomic E-state index is 0.0672. The van der Waals surface area contributed by atoms with Crippen LogP contribution >= 0.6 is 11.3 Å². The average molecular weight is 311 g/mol. The van der Waals surface area contributed by atoms with Crippen molar-refractivity contribution < 1.29 is 8.42 Å². The zero-order valence-corrected chi connectivity index (χ0v) is 13.0. The number of nitrogens with zero attached hydrogens (tertiary/aromatic N) is 1. The Morgan fingerprint density at radius 1 is 1.20 bits per heavy atom. The van der Waals surface area contributed by atoms with Crippen LogP contribution in [0.15, 0.2) is 30.5 Å². The van der Waals surface area contributed by atoms with Crippen molar-refractivity contribution in [1.82, 2.24) is 4.98 Å². The molecule has 0 saturated carbocycles. The standard InChI is InChI=1S/C13H17N3O2S2/c1-3-20(17,18)16-12-6-4-11(5-7-12)15-9-13-8-14-10(2)19-13/h4-8,15-16H,3,9H2,1-2H3. The summed E-state index contributed by atoms with van der Waals surface area (Å²) in [5, 5.41) is 4.32. The molecule has 0 atom stereocenters. The lowest BCUT2D eigenvalue weighted by Crippen LogP contribution is -2.14. The van der Waals surface area contributed by atoms with Crippen molar-refractivity contribution in [3.63, 3.8) is 0 Å². The van der Waals surface area contributed by atoms with Crippen molar-refractivity contribution in [3.05, 3.63) is 40.3 Å². The van der Waals surface area contributed by atoms with Crippen molar-refractivity contribution in [3.8, 4) is 0 Å². The Balaban J connectivity index is 1.94. The first-order valence-corrected chi connectivity index (χ1v) is 8.71. The Morgan fingerprint density at radius 3 is 2.40 bits per heavy atom. The molecule has 0 spiro atoms. The second kappa shape index (κ2) is 6.23. The van der Waals surface area contributed by atoms with Crippen LogP contribution in [0.5, 0.6) is 0 Å². The molecule has 0 aliphatic carbocycles. The first kappa shape index (κ1) is 14.8. The molecule has 0 unspecified atom stereocenters. The van der Waals surface area contributed by atoms with Crippen LogP contribution in [0.4, 0.5) is 11.4 Å². The highest BCUT2D eigenvalue weighted by Gasteiger charge is 2.06. The van der Waals surface area contributed by atoms with Gasteiger partial charge >= 0.3 is 0 Å². The Hall–Kier alpha value is -1.60. The number of nitrogens with one attached hydrogen (secondary N) is 2. The minimum Gasteiger partial charge on any atom is -0.380 e. The molecule has 1 aromatic carbocycles. The van der Waals surface area contributed by atoms with E-state index in [4.69, 9.17) is 0 Å². The van der Waals surface area contributed by atoms with Gasteiger partial charge in [0.15, 0.2) is 0 Å². The van der Waals surface area contributed by atoms with Crippen molar-refractivity contribution in [1.29, 1.82) is 0 Å². The summed E-state index contributed by atoms with van der Waals surface area (Å²) < 4.78 is 25.4. The molecule has 0 bridgehead atoms. The van der Waals surface area contributed by atoms with Gasteiger partial charge in [-0.05, 0) is 38.1 Å². The molecule has 0 amide bonds. The fraction of sp³-hybridized carbons (Fsp3) is 0.308. The maximum Gasteiger partial charge on any atom is 0.232 e. The van der Waals surface area contributed by atoms with Gasteiger partial charge in [0.25, 0.3) is 0 Å². The summed E-state index contributed by atoms with van der Waals surface area (Å²) in [5.74, 6) is 0.0672. The summed E-state index contributed by atoms with van der Waals surface area (Å²) in [6.45, 7) is 4.30. The summed E-state index contributed by atoms with van der Waals surface area (Å²) in [5.41, 5.74) is 1.52. The van der Waals surface area contributed by atoms with Crippen molar-refractivity contribution in [2.24, 2.45) is 0 Å². The van der Waals surface area contributed by atoms with Crippen LogP contribution in [0.3, 0.4) is 0 Å². The first-order valence-electron chi connectivity index (χ1n) is 6.24. The molecule has 0 radical (unpaired) electrons. The third kappa shape index (κ3) is 4.21. The lowest BCUT2D eigenvalue weighted by Gasteiger charge is -2.08. The molecule has 108 valence electrons. The highest BCUT2D eigenvalue weighted by Crippen LogP contribution is 2.17. The summed E-state index contributed by atoms with van der Waals surface area (Å²) >= 11 is 1.66. The molecule has 20 heavy (non-hydrogen) atoms. The van der Waals surface area contributed by atoms with Gasteiger partial charge in [-0.1, -0.05) is 0 Å².